The van der Waals surface area contributed by atoms with Gasteiger partial charge in [0.15, 0.2) is 6.29 Å². The molecule has 5 fully saturated rings. The molecule has 2 saturated carbocycles. The Morgan fingerprint density at radius 2 is 1.46 bits per heavy atom. The van der Waals surface area contributed by atoms with Gasteiger partial charge in [-0.2, -0.15) is 0 Å². The molecule has 12 nitrogen and oxygen atoms in total. The van der Waals surface area contributed by atoms with Crippen LogP contribution in [-0.4, -0.2) is 138 Å². The van der Waals surface area contributed by atoms with Gasteiger partial charge in [0.25, 0.3) is 0 Å². The summed E-state index contributed by atoms with van der Waals surface area (Å²) < 4.78 is 36.0. The monoisotopic (exact) mass is 534 g/mol. The highest BCUT2D eigenvalue weighted by Gasteiger charge is 2.58. The lowest BCUT2D eigenvalue weighted by Gasteiger charge is -2.57. The molecule has 37 heavy (non-hydrogen) atoms. The van der Waals surface area contributed by atoms with Crippen LogP contribution in [0.2, 0.25) is 0 Å². The average molecular weight is 535 g/mol. The molecule has 6 N–H and O–H groups in total. The quantitative estimate of drug-likeness (QED) is 0.220. The summed E-state index contributed by atoms with van der Waals surface area (Å²) in [5, 5.41) is 62.2. The predicted octanol–water partition coefficient (Wildman–Crippen LogP) is -2.08. The van der Waals surface area contributed by atoms with Crippen LogP contribution < -0.4 is 0 Å². The zero-order chi connectivity index (χ0) is 26.4. The van der Waals surface area contributed by atoms with Crippen molar-refractivity contribution in [2.45, 2.75) is 112 Å². The Hall–Kier alpha value is -0.480. The molecule has 0 spiro atoms. The minimum atomic E-state index is -1.56. The second-order valence-electron chi connectivity index (χ2n) is 11.3. The zero-order valence-corrected chi connectivity index (χ0v) is 21.3. The number of hydrogen-bond acceptors (Lipinski definition) is 12. The standard InChI is InChI=1S/C25H42O12/c1-32-15-5-10(6-16(33-2)19(15)28)23-24(37-25-22(31)21(30)20(29)17(9-26)36-25)12-3-4-34-13-7-11(27)8-14(35-23)18(12)13/h10-31H,3-9H2,1-2H3. The highest BCUT2D eigenvalue weighted by molar-refractivity contribution is 5.05. The van der Waals surface area contributed by atoms with Crippen molar-refractivity contribution >= 4 is 0 Å². The third-order valence-electron chi connectivity index (χ3n) is 9.26. The van der Waals surface area contributed by atoms with E-state index in [9.17, 15) is 30.6 Å². The molecule has 0 aromatic carbocycles. The summed E-state index contributed by atoms with van der Waals surface area (Å²) in [5.41, 5.74) is 0. The number of methoxy groups -OCH3 is 2. The van der Waals surface area contributed by atoms with Gasteiger partial charge in [0.2, 0.25) is 0 Å². The lowest BCUT2D eigenvalue weighted by atomic mass is 9.65. The maximum atomic E-state index is 10.7. The van der Waals surface area contributed by atoms with E-state index in [-0.39, 0.29) is 30.0 Å². The molecule has 0 amide bonds. The van der Waals surface area contributed by atoms with E-state index in [1.54, 1.807) is 14.2 Å². The molecule has 14 atom stereocenters. The number of ether oxygens (including phenoxy) is 6. The summed E-state index contributed by atoms with van der Waals surface area (Å²) in [4.78, 5) is 0. The molecule has 5 rings (SSSR count). The third-order valence-corrected chi connectivity index (χ3v) is 9.26. The summed E-state index contributed by atoms with van der Waals surface area (Å²) in [6, 6.07) is 0. The predicted molar refractivity (Wildman–Crippen MR) is 124 cm³/mol. The van der Waals surface area contributed by atoms with E-state index in [1.807, 2.05) is 0 Å². The Balaban J connectivity index is 1.45. The smallest absolute Gasteiger partial charge is 0.187 e. The van der Waals surface area contributed by atoms with Crippen LogP contribution in [0.5, 0.6) is 0 Å². The first kappa shape index (κ1) is 28.1. The largest absolute Gasteiger partial charge is 0.394 e. The topological polar surface area (TPSA) is 177 Å². The first-order chi connectivity index (χ1) is 17.8. The molecule has 2 aliphatic carbocycles. The normalized spacial score (nSPS) is 54.5. The fraction of sp³-hybridized carbons (Fsp3) is 1.00. The summed E-state index contributed by atoms with van der Waals surface area (Å²) in [7, 11) is 3.09. The van der Waals surface area contributed by atoms with Gasteiger partial charge >= 0.3 is 0 Å². The minimum absolute atomic E-state index is 0.0334. The molecule has 3 saturated heterocycles. The Kier molecular flexibility index (Phi) is 8.77. The van der Waals surface area contributed by atoms with Crippen molar-refractivity contribution in [3.63, 3.8) is 0 Å². The maximum Gasteiger partial charge on any atom is 0.187 e. The summed E-state index contributed by atoms with van der Waals surface area (Å²) in [5.74, 6) is -0.223. The lowest BCUT2D eigenvalue weighted by molar-refractivity contribution is -0.349. The van der Waals surface area contributed by atoms with Gasteiger partial charge in [0.05, 0.1) is 49.3 Å². The SMILES string of the molecule is COC1CC(C2OC3CC(O)CC4OCCC(C2OC2OC(CO)C(O)C(O)C2O)C43)CC(OC)C1O. The number of aliphatic hydroxyl groups is 6. The van der Waals surface area contributed by atoms with Crippen LogP contribution >= 0.6 is 0 Å². The molecule has 12 heteroatoms. The maximum absolute atomic E-state index is 10.7. The molecule has 3 aliphatic heterocycles. The van der Waals surface area contributed by atoms with Crippen LogP contribution in [-0.2, 0) is 28.4 Å². The number of rotatable bonds is 6. The second-order valence-corrected chi connectivity index (χ2v) is 11.3. The molecule has 3 heterocycles. The highest BCUT2D eigenvalue weighted by Crippen LogP contribution is 2.50. The average Bonchev–Trinajstić information content (AvgIpc) is 2.90. The molecule has 0 radical (unpaired) electrons. The Morgan fingerprint density at radius 3 is 2.11 bits per heavy atom. The summed E-state index contributed by atoms with van der Waals surface area (Å²) in [6.45, 7) is -0.0693. The fourth-order valence-electron chi connectivity index (χ4n) is 7.36. The van der Waals surface area contributed by atoms with Crippen molar-refractivity contribution in [2.24, 2.45) is 17.8 Å². The van der Waals surface area contributed by atoms with Crippen LogP contribution in [0.4, 0.5) is 0 Å². The fourth-order valence-corrected chi connectivity index (χ4v) is 7.36. The van der Waals surface area contributed by atoms with Gasteiger partial charge in [-0.15, -0.1) is 0 Å². The molecule has 5 aliphatic rings. The van der Waals surface area contributed by atoms with Crippen molar-refractivity contribution in [2.75, 3.05) is 27.4 Å². The lowest BCUT2D eigenvalue weighted by Crippen LogP contribution is -2.66. The van der Waals surface area contributed by atoms with E-state index in [4.69, 9.17) is 28.4 Å². The van der Waals surface area contributed by atoms with Gasteiger partial charge in [0, 0.05) is 26.7 Å². The molecule has 214 valence electrons. The van der Waals surface area contributed by atoms with Gasteiger partial charge in [0.1, 0.15) is 30.5 Å². The van der Waals surface area contributed by atoms with Gasteiger partial charge in [-0.25, -0.2) is 0 Å². The van der Waals surface area contributed by atoms with Crippen LogP contribution in [0, 0.1) is 17.8 Å². The van der Waals surface area contributed by atoms with Crippen molar-refractivity contribution < 1.29 is 59.1 Å². The second kappa shape index (κ2) is 11.6. The summed E-state index contributed by atoms with van der Waals surface area (Å²) in [6.07, 6.45) is -8.17. The van der Waals surface area contributed by atoms with Crippen molar-refractivity contribution in [1.82, 2.24) is 0 Å². The van der Waals surface area contributed by atoms with E-state index in [1.165, 1.54) is 0 Å². The van der Waals surface area contributed by atoms with Crippen LogP contribution in [0.25, 0.3) is 0 Å². The number of hydrogen-bond donors (Lipinski definition) is 6. The van der Waals surface area contributed by atoms with E-state index < -0.39 is 73.9 Å². The molecule has 0 aromatic rings. The van der Waals surface area contributed by atoms with Crippen LogP contribution in [0.15, 0.2) is 0 Å². The van der Waals surface area contributed by atoms with Gasteiger partial charge in [-0.3, -0.25) is 0 Å². The Labute approximate surface area is 216 Å². The third kappa shape index (κ3) is 5.21. The molecular weight excluding hydrogens is 492 g/mol. The van der Waals surface area contributed by atoms with Crippen molar-refractivity contribution in [1.29, 1.82) is 0 Å². The Bertz CT molecular complexity index is 741. The van der Waals surface area contributed by atoms with E-state index in [2.05, 4.69) is 0 Å². The van der Waals surface area contributed by atoms with Crippen LogP contribution in [0.1, 0.15) is 32.1 Å². The van der Waals surface area contributed by atoms with Gasteiger partial charge in [-0.1, -0.05) is 0 Å². The van der Waals surface area contributed by atoms with Crippen molar-refractivity contribution in [3.8, 4) is 0 Å². The molecular formula is C25H42O12. The minimum Gasteiger partial charge on any atom is -0.394 e. The summed E-state index contributed by atoms with van der Waals surface area (Å²) >= 11 is 0. The Morgan fingerprint density at radius 1 is 0.784 bits per heavy atom. The molecule has 14 unspecified atom stereocenters. The van der Waals surface area contributed by atoms with Gasteiger partial charge in [-0.05, 0) is 43.9 Å². The first-order valence-electron chi connectivity index (χ1n) is 13.4. The van der Waals surface area contributed by atoms with Crippen molar-refractivity contribution in [3.05, 3.63) is 0 Å². The highest BCUT2D eigenvalue weighted by atomic mass is 16.7. The van der Waals surface area contributed by atoms with E-state index >= 15 is 0 Å². The van der Waals surface area contributed by atoms with Crippen LogP contribution in [0.3, 0.4) is 0 Å². The van der Waals surface area contributed by atoms with E-state index in [0.717, 1.165) is 0 Å². The zero-order valence-electron chi connectivity index (χ0n) is 21.3. The van der Waals surface area contributed by atoms with Gasteiger partial charge < -0.3 is 59.1 Å². The molecule has 0 aromatic heterocycles. The number of aliphatic hydroxyl groups excluding tert-OH is 6. The van der Waals surface area contributed by atoms with E-state index in [0.29, 0.717) is 38.7 Å². The first-order valence-corrected chi connectivity index (χ1v) is 13.4. The molecule has 0 bridgehead atoms.